The second kappa shape index (κ2) is 4.59. The normalized spacial score (nSPS) is 12.8. The Morgan fingerprint density at radius 1 is 1.18 bits per heavy atom. The van der Waals surface area contributed by atoms with Crippen LogP contribution in [-0.4, -0.2) is 0 Å². The SMILES string of the molecule is Cc1cc(C(N)c2ccc(C)c(F)c2)c(C)s1. The van der Waals surface area contributed by atoms with E-state index in [9.17, 15) is 4.39 Å². The smallest absolute Gasteiger partial charge is 0.126 e. The summed E-state index contributed by atoms with van der Waals surface area (Å²) in [5.74, 6) is -0.192. The van der Waals surface area contributed by atoms with Crippen LogP contribution in [0.2, 0.25) is 0 Å². The highest BCUT2D eigenvalue weighted by Crippen LogP contribution is 2.29. The monoisotopic (exact) mass is 249 g/mol. The van der Waals surface area contributed by atoms with E-state index in [-0.39, 0.29) is 11.9 Å². The molecule has 0 aliphatic carbocycles. The lowest BCUT2D eigenvalue weighted by atomic mass is 9.99. The predicted molar refractivity (Wildman–Crippen MR) is 71.0 cm³/mol. The molecule has 17 heavy (non-hydrogen) atoms. The summed E-state index contributed by atoms with van der Waals surface area (Å²) in [7, 11) is 0. The number of aryl methyl sites for hydroxylation is 3. The Balaban J connectivity index is 2.40. The zero-order valence-electron chi connectivity index (χ0n) is 10.3. The zero-order chi connectivity index (χ0) is 12.6. The molecule has 0 saturated carbocycles. The number of thiophene rings is 1. The molecule has 0 radical (unpaired) electrons. The summed E-state index contributed by atoms with van der Waals surface area (Å²) < 4.78 is 13.5. The lowest BCUT2D eigenvalue weighted by Crippen LogP contribution is -2.12. The molecule has 1 aromatic carbocycles. The van der Waals surface area contributed by atoms with Crippen molar-refractivity contribution in [2.75, 3.05) is 0 Å². The van der Waals surface area contributed by atoms with E-state index in [0.717, 1.165) is 11.1 Å². The molecule has 0 bridgehead atoms. The second-order valence-corrected chi connectivity index (χ2v) is 5.82. The van der Waals surface area contributed by atoms with Crippen molar-refractivity contribution in [3.05, 3.63) is 56.5 Å². The third-order valence-corrected chi connectivity index (χ3v) is 3.95. The minimum atomic E-state index is -0.241. The molecule has 0 fully saturated rings. The van der Waals surface area contributed by atoms with Gasteiger partial charge in [0.15, 0.2) is 0 Å². The number of hydrogen-bond acceptors (Lipinski definition) is 2. The average molecular weight is 249 g/mol. The topological polar surface area (TPSA) is 26.0 Å². The third kappa shape index (κ3) is 2.40. The van der Waals surface area contributed by atoms with Crippen molar-refractivity contribution in [2.45, 2.75) is 26.8 Å². The van der Waals surface area contributed by atoms with Gasteiger partial charge < -0.3 is 5.73 Å². The van der Waals surface area contributed by atoms with Crippen molar-refractivity contribution in [3.63, 3.8) is 0 Å². The Morgan fingerprint density at radius 3 is 2.41 bits per heavy atom. The minimum Gasteiger partial charge on any atom is -0.320 e. The molecule has 1 aromatic heterocycles. The van der Waals surface area contributed by atoms with Gasteiger partial charge in [-0.2, -0.15) is 0 Å². The number of benzene rings is 1. The minimum absolute atomic E-state index is 0.192. The van der Waals surface area contributed by atoms with E-state index in [4.69, 9.17) is 5.73 Å². The third-order valence-electron chi connectivity index (χ3n) is 2.97. The van der Waals surface area contributed by atoms with Gasteiger partial charge in [-0.25, -0.2) is 4.39 Å². The van der Waals surface area contributed by atoms with Gasteiger partial charge in [0.1, 0.15) is 5.82 Å². The van der Waals surface area contributed by atoms with Gasteiger partial charge in [0.25, 0.3) is 0 Å². The Bertz CT molecular complexity index is 545. The van der Waals surface area contributed by atoms with E-state index >= 15 is 0 Å². The van der Waals surface area contributed by atoms with Gasteiger partial charge in [0.2, 0.25) is 0 Å². The Labute approximate surface area is 105 Å². The molecule has 2 rings (SSSR count). The van der Waals surface area contributed by atoms with Gasteiger partial charge in [-0.3, -0.25) is 0 Å². The van der Waals surface area contributed by atoms with Crippen LogP contribution in [-0.2, 0) is 0 Å². The molecule has 1 nitrogen and oxygen atoms in total. The highest BCUT2D eigenvalue weighted by Gasteiger charge is 2.14. The van der Waals surface area contributed by atoms with Gasteiger partial charge in [-0.15, -0.1) is 11.3 Å². The van der Waals surface area contributed by atoms with Gasteiger partial charge in [0.05, 0.1) is 6.04 Å². The van der Waals surface area contributed by atoms with Crippen molar-refractivity contribution in [1.82, 2.24) is 0 Å². The fourth-order valence-electron chi connectivity index (χ4n) is 1.94. The Morgan fingerprint density at radius 2 is 1.88 bits per heavy atom. The van der Waals surface area contributed by atoms with E-state index in [1.165, 1.54) is 15.8 Å². The first-order valence-electron chi connectivity index (χ1n) is 5.57. The Hall–Kier alpha value is -1.19. The fraction of sp³-hybridized carbons (Fsp3) is 0.286. The maximum absolute atomic E-state index is 13.5. The van der Waals surface area contributed by atoms with Crippen molar-refractivity contribution in [2.24, 2.45) is 5.73 Å². The van der Waals surface area contributed by atoms with Crippen LogP contribution in [0.5, 0.6) is 0 Å². The summed E-state index contributed by atoms with van der Waals surface area (Å²) in [5.41, 5.74) is 8.76. The van der Waals surface area contributed by atoms with Crippen LogP contribution in [0.25, 0.3) is 0 Å². The molecule has 0 aliphatic heterocycles. The Kier molecular flexibility index (Phi) is 3.31. The van der Waals surface area contributed by atoms with Gasteiger partial charge in [-0.05, 0) is 49.6 Å². The molecule has 3 heteroatoms. The lowest BCUT2D eigenvalue weighted by molar-refractivity contribution is 0.614. The summed E-state index contributed by atoms with van der Waals surface area (Å²) in [6, 6.07) is 7.05. The van der Waals surface area contributed by atoms with Crippen molar-refractivity contribution < 1.29 is 4.39 Å². The number of hydrogen-bond donors (Lipinski definition) is 1. The molecular weight excluding hydrogens is 233 g/mol. The highest BCUT2D eigenvalue weighted by atomic mass is 32.1. The first kappa shape index (κ1) is 12.3. The van der Waals surface area contributed by atoms with E-state index in [1.54, 1.807) is 24.3 Å². The first-order chi connectivity index (χ1) is 7.99. The molecule has 2 aromatic rings. The van der Waals surface area contributed by atoms with Gasteiger partial charge in [0, 0.05) is 9.75 Å². The summed E-state index contributed by atoms with van der Waals surface area (Å²) in [6.45, 7) is 5.87. The maximum Gasteiger partial charge on any atom is 0.126 e. The lowest BCUT2D eigenvalue weighted by Gasteiger charge is -2.12. The van der Waals surface area contributed by atoms with Crippen LogP contribution in [0, 0.1) is 26.6 Å². The van der Waals surface area contributed by atoms with Crippen LogP contribution < -0.4 is 5.73 Å². The highest BCUT2D eigenvalue weighted by molar-refractivity contribution is 7.12. The summed E-state index contributed by atoms with van der Waals surface area (Å²) in [4.78, 5) is 2.44. The molecule has 1 atom stereocenters. The molecule has 0 spiro atoms. The van der Waals surface area contributed by atoms with Crippen molar-refractivity contribution in [1.29, 1.82) is 0 Å². The summed E-state index contributed by atoms with van der Waals surface area (Å²) in [6.07, 6.45) is 0. The fourth-order valence-corrected chi connectivity index (χ4v) is 2.91. The van der Waals surface area contributed by atoms with E-state index < -0.39 is 0 Å². The van der Waals surface area contributed by atoms with Crippen LogP contribution >= 0.6 is 11.3 Å². The van der Waals surface area contributed by atoms with Crippen LogP contribution in [0.1, 0.15) is 32.5 Å². The first-order valence-corrected chi connectivity index (χ1v) is 6.39. The molecule has 0 aliphatic rings. The van der Waals surface area contributed by atoms with Crippen LogP contribution in [0.4, 0.5) is 4.39 Å². The quantitative estimate of drug-likeness (QED) is 0.859. The van der Waals surface area contributed by atoms with Crippen LogP contribution in [0.15, 0.2) is 24.3 Å². The van der Waals surface area contributed by atoms with Crippen molar-refractivity contribution in [3.8, 4) is 0 Å². The molecule has 1 heterocycles. The predicted octanol–water partition coefficient (Wildman–Crippen LogP) is 3.86. The molecule has 1 unspecified atom stereocenters. The van der Waals surface area contributed by atoms with Crippen molar-refractivity contribution >= 4 is 11.3 Å². The standard InChI is InChI=1S/C14H16FNS/c1-8-4-5-11(7-13(8)15)14(16)12-6-9(2)17-10(12)3/h4-7,14H,16H2,1-3H3. The van der Waals surface area contributed by atoms with E-state index in [2.05, 4.69) is 19.9 Å². The largest absolute Gasteiger partial charge is 0.320 e. The molecule has 2 N–H and O–H groups in total. The van der Waals surface area contributed by atoms with Gasteiger partial charge >= 0.3 is 0 Å². The van der Waals surface area contributed by atoms with Crippen LogP contribution in [0.3, 0.4) is 0 Å². The number of nitrogens with two attached hydrogens (primary N) is 1. The molecule has 90 valence electrons. The van der Waals surface area contributed by atoms with Gasteiger partial charge in [-0.1, -0.05) is 12.1 Å². The molecule has 0 amide bonds. The zero-order valence-corrected chi connectivity index (χ0v) is 11.1. The molecular formula is C14H16FNS. The second-order valence-electron chi connectivity index (χ2n) is 4.35. The average Bonchev–Trinajstić information content (AvgIpc) is 2.61. The van der Waals surface area contributed by atoms with E-state index in [0.29, 0.717) is 5.56 Å². The maximum atomic E-state index is 13.5. The molecule has 0 saturated heterocycles. The number of rotatable bonds is 2. The summed E-state index contributed by atoms with van der Waals surface area (Å²) in [5, 5.41) is 0. The summed E-state index contributed by atoms with van der Waals surface area (Å²) >= 11 is 1.73. The van der Waals surface area contributed by atoms with E-state index in [1.807, 2.05) is 6.07 Å². The number of halogens is 1.